The number of ether oxygens (including phenoxy) is 3. The third-order valence-electron chi connectivity index (χ3n) is 3.62. The van der Waals surface area contributed by atoms with Crippen LogP contribution in [-0.2, 0) is 4.74 Å². The summed E-state index contributed by atoms with van der Waals surface area (Å²) in [5.41, 5.74) is 0.577. The van der Waals surface area contributed by atoms with Crippen molar-refractivity contribution < 1.29 is 18.6 Å². The molecule has 1 saturated heterocycles. The highest BCUT2D eigenvalue weighted by atomic mass is 19.1. The van der Waals surface area contributed by atoms with Crippen molar-refractivity contribution in [2.45, 2.75) is 31.8 Å². The number of benzene rings is 1. The molecule has 1 aliphatic rings. The fraction of sp³-hybridized carbons (Fsp3) is 0.600. The molecule has 0 radical (unpaired) electrons. The molecular formula is C15H22FNO3. The average Bonchev–Trinajstić information content (AvgIpc) is 2.47. The Morgan fingerprint density at radius 2 is 2.00 bits per heavy atom. The van der Waals surface area contributed by atoms with Crippen LogP contribution < -0.4 is 14.8 Å². The number of hydrogen-bond acceptors (Lipinski definition) is 4. The second-order valence-electron chi connectivity index (χ2n) is 5.03. The van der Waals surface area contributed by atoms with Gasteiger partial charge in [-0.25, -0.2) is 4.39 Å². The van der Waals surface area contributed by atoms with E-state index in [1.54, 1.807) is 13.2 Å². The smallest absolute Gasteiger partial charge is 0.163 e. The van der Waals surface area contributed by atoms with Crippen molar-refractivity contribution in [3.63, 3.8) is 0 Å². The molecule has 0 bridgehead atoms. The number of halogens is 1. The minimum absolute atomic E-state index is 0.110. The fourth-order valence-electron chi connectivity index (χ4n) is 2.52. The number of methoxy groups -OCH3 is 2. The summed E-state index contributed by atoms with van der Waals surface area (Å²) in [4.78, 5) is 0. The molecule has 1 aromatic rings. The van der Waals surface area contributed by atoms with E-state index in [1.165, 1.54) is 13.2 Å². The standard InChI is InChI=1S/C15H22FNO3/c1-10(17-11-5-4-6-20-9-11)12-7-14(18-2)15(19-3)8-13(12)16/h7-8,10-11,17H,4-6,9H2,1-3H3. The van der Waals surface area contributed by atoms with Gasteiger partial charge in [0.1, 0.15) is 5.82 Å². The molecule has 0 amide bonds. The van der Waals surface area contributed by atoms with Gasteiger partial charge < -0.3 is 19.5 Å². The first-order valence-electron chi connectivity index (χ1n) is 6.91. The second kappa shape index (κ2) is 6.90. The Hall–Kier alpha value is -1.33. The van der Waals surface area contributed by atoms with E-state index in [-0.39, 0.29) is 17.9 Å². The first kappa shape index (κ1) is 15.1. The summed E-state index contributed by atoms with van der Waals surface area (Å²) in [6.07, 6.45) is 2.10. The van der Waals surface area contributed by atoms with Crippen LogP contribution in [-0.4, -0.2) is 33.5 Å². The molecule has 4 nitrogen and oxygen atoms in total. The summed E-state index contributed by atoms with van der Waals surface area (Å²) >= 11 is 0. The molecule has 1 N–H and O–H groups in total. The number of hydrogen-bond donors (Lipinski definition) is 1. The average molecular weight is 283 g/mol. The largest absolute Gasteiger partial charge is 0.493 e. The summed E-state index contributed by atoms with van der Waals surface area (Å²) < 4.78 is 29.9. The van der Waals surface area contributed by atoms with Crippen LogP contribution in [0.3, 0.4) is 0 Å². The highest BCUT2D eigenvalue weighted by Crippen LogP contribution is 2.32. The molecule has 1 aromatic carbocycles. The Morgan fingerprint density at radius 3 is 2.60 bits per heavy atom. The zero-order valence-corrected chi connectivity index (χ0v) is 12.2. The maximum Gasteiger partial charge on any atom is 0.163 e. The van der Waals surface area contributed by atoms with E-state index < -0.39 is 0 Å². The van der Waals surface area contributed by atoms with E-state index >= 15 is 0 Å². The van der Waals surface area contributed by atoms with Gasteiger partial charge in [0, 0.05) is 30.3 Å². The van der Waals surface area contributed by atoms with E-state index in [9.17, 15) is 4.39 Å². The monoisotopic (exact) mass is 283 g/mol. The van der Waals surface area contributed by atoms with Crippen LogP contribution in [0.4, 0.5) is 4.39 Å². The Balaban J connectivity index is 2.13. The van der Waals surface area contributed by atoms with Crippen LogP contribution in [0.25, 0.3) is 0 Å². The quantitative estimate of drug-likeness (QED) is 0.902. The van der Waals surface area contributed by atoms with Crippen molar-refractivity contribution in [3.05, 3.63) is 23.5 Å². The molecule has 0 aromatic heterocycles. The van der Waals surface area contributed by atoms with Crippen LogP contribution in [0.1, 0.15) is 31.4 Å². The number of rotatable bonds is 5. The van der Waals surface area contributed by atoms with Crippen molar-refractivity contribution in [2.75, 3.05) is 27.4 Å². The molecule has 1 aliphatic heterocycles. The van der Waals surface area contributed by atoms with Crippen LogP contribution in [0.5, 0.6) is 11.5 Å². The van der Waals surface area contributed by atoms with Crippen LogP contribution >= 0.6 is 0 Å². The molecule has 1 heterocycles. The fourth-order valence-corrected chi connectivity index (χ4v) is 2.52. The van der Waals surface area contributed by atoms with Gasteiger partial charge in [-0.05, 0) is 25.8 Å². The predicted octanol–water partition coefficient (Wildman–Crippen LogP) is 2.67. The normalized spacial score (nSPS) is 20.5. The summed E-state index contributed by atoms with van der Waals surface area (Å²) in [7, 11) is 3.05. The van der Waals surface area contributed by atoms with Gasteiger partial charge in [0.15, 0.2) is 11.5 Å². The van der Waals surface area contributed by atoms with E-state index in [4.69, 9.17) is 14.2 Å². The second-order valence-corrected chi connectivity index (χ2v) is 5.03. The van der Waals surface area contributed by atoms with E-state index in [1.807, 2.05) is 6.92 Å². The lowest BCUT2D eigenvalue weighted by atomic mass is 10.0. The van der Waals surface area contributed by atoms with Gasteiger partial charge in [-0.2, -0.15) is 0 Å². The number of nitrogens with one attached hydrogen (secondary N) is 1. The van der Waals surface area contributed by atoms with Crippen molar-refractivity contribution in [3.8, 4) is 11.5 Å². The summed E-state index contributed by atoms with van der Waals surface area (Å²) in [6.45, 7) is 3.44. The molecule has 112 valence electrons. The first-order chi connectivity index (χ1) is 9.65. The van der Waals surface area contributed by atoms with E-state index in [0.29, 0.717) is 23.7 Å². The predicted molar refractivity (Wildman–Crippen MR) is 74.9 cm³/mol. The molecule has 1 fully saturated rings. The van der Waals surface area contributed by atoms with Gasteiger partial charge >= 0.3 is 0 Å². The van der Waals surface area contributed by atoms with Gasteiger partial charge in [-0.15, -0.1) is 0 Å². The van der Waals surface area contributed by atoms with Crippen LogP contribution in [0.15, 0.2) is 12.1 Å². The molecule has 2 atom stereocenters. The molecular weight excluding hydrogens is 261 g/mol. The maximum absolute atomic E-state index is 14.2. The Labute approximate surface area is 119 Å². The lowest BCUT2D eigenvalue weighted by molar-refractivity contribution is 0.0669. The molecule has 0 saturated carbocycles. The van der Waals surface area contributed by atoms with Crippen molar-refractivity contribution in [2.24, 2.45) is 0 Å². The minimum atomic E-state index is -0.292. The Bertz CT molecular complexity index is 447. The van der Waals surface area contributed by atoms with E-state index in [2.05, 4.69) is 5.32 Å². The molecule has 20 heavy (non-hydrogen) atoms. The minimum Gasteiger partial charge on any atom is -0.493 e. The molecule has 5 heteroatoms. The van der Waals surface area contributed by atoms with Crippen molar-refractivity contribution in [1.82, 2.24) is 5.32 Å². The lowest BCUT2D eigenvalue weighted by Crippen LogP contribution is -2.38. The van der Waals surface area contributed by atoms with E-state index in [0.717, 1.165) is 19.4 Å². The van der Waals surface area contributed by atoms with Crippen molar-refractivity contribution in [1.29, 1.82) is 0 Å². The van der Waals surface area contributed by atoms with Gasteiger partial charge in [0.25, 0.3) is 0 Å². The van der Waals surface area contributed by atoms with Gasteiger partial charge in [-0.3, -0.25) is 0 Å². The molecule has 2 rings (SSSR count). The van der Waals surface area contributed by atoms with Crippen LogP contribution in [0, 0.1) is 5.82 Å². The zero-order chi connectivity index (χ0) is 14.5. The van der Waals surface area contributed by atoms with Gasteiger partial charge in [0.05, 0.1) is 20.8 Å². The van der Waals surface area contributed by atoms with Crippen molar-refractivity contribution >= 4 is 0 Å². The Morgan fingerprint density at radius 1 is 1.30 bits per heavy atom. The summed E-state index contributed by atoms with van der Waals surface area (Å²) in [6, 6.07) is 3.21. The van der Waals surface area contributed by atoms with Crippen LogP contribution in [0.2, 0.25) is 0 Å². The third-order valence-corrected chi connectivity index (χ3v) is 3.62. The molecule has 0 spiro atoms. The Kier molecular flexibility index (Phi) is 5.20. The molecule has 0 aliphatic carbocycles. The topological polar surface area (TPSA) is 39.7 Å². The zero-order valence-electron chi connectivity index (χ0n) is 12.2. The maximum atomic E-state index is 14.2. The van der Waals surface area contributed by atoms with Gasteiger partial charge in [0.2, 0.25) is 0 Å². The highest BCUT2D eigenvalue weighted by molar-refractivity contribution is 5.44. The SMILES string of the molecule is COc1cc(F)c(C(C)NC2CCCOC2)cc1OC. The molecule has 2 unspecified atom stereocenters. The summed E-state index contributed by atoms with van der Waals surface area (Å²) in [5, 5.41) is 3.40. The third kappa shape index (κ3) is 3.41. The highest BCUT2D eigenvalue weighted by Gasteiger charge is 2.20. The van der Waals surface area contributed by atoms with Gasteiger partial charge in [-0.1, -0.05) is 0 Å². The summed E-state index contributed by atoms with van der Waals surface area (Å²) in [5.74, 6) is 0.652. The lowest BCUT2D eigenvalue weighted by Gasteiger charge is -2.27. The first-order valence-corrected chi connectivity index (χ1v) is 6.91.